The number of imidazole rings is 1. The Morgan fingerprint density at radius 3 is 2.62 bits per heavy atom. The summed E-state index contributed by atoms with van der Waals surface area (Å²) < 4.78 is 15.5. The molecule has 166 valence electrons. The smallest absolute Gasteiger partial charge is 0.190 e. The van der Waals surface area contributed by atoms with Gasteiger partial charge in [0.05, 0.1) is 31.9 Å². The molecular formula is C25H28N4O2S. The fourth-order valence-electron chi connectivity index (χ4n) is 3.73. The van der Waals surface area contributed by atoms with Crippen molar-refractivity contribution >= 4 is 17.0 Å². The first-order chi connectivity index (χ1) is 15.6. The minimum Gasteiger partial charge on any atom is -0.497 e. The average Bonchev–Trinajstić information content (AvgIpc) is 3.45. The summed E-state index contributed by atoms with van der Waals surface area (Å²) in [6.07, 6.45) is 6.61. The summed E-state index contributed by atoms with van der Waals surface area (Å²) in [4.78, 5) is 10.1. The van der Waals surface area contributed by atoms with E-state index in [-0.39, 0.29) is 0 Å². The van der Waals surface area contributed by atoms with E-state index in [1.165, 1.54) is 11.1 Å². The van der Waals surface area contributed by atoms with Crippen molar-refractivity contribution in [3.8, 4) is 22.8 Å². The van der Waals surface area contributed by atoms with Crippen LogP contribution in [-0.2, 0) is 13.1 Å². The highest BCUT2D eigenvalue weighted by atomic mass is 32.1. The van der Waals surface area contributed by atoms with Gasteiger partial charge >= 0.3 is 0 Å². The van der Waals surface area contributed by atoms with E-state index >= 15 is 0 Å². The molecule has 0 N–H and O–H groups in total. The first-order valence-electron chi connectivity index (χ1n) is 10.6. The molecule has 0 bridgehead atoms. The van der Waals surface area contributed by atoms with E-state index in [2.05, 4.69) is 51.5 Å². The number of hydrogen-bond acceptors (Lipinski definition) is 5. The largest absolute Gasteiger partial charge is 0.497 e. The summed E-state index contributed by atoms with van der Waals surface area (Å²) in [7, 11) is 3.38. The molecule has 2 aromatic carbocycles. The Kier molecular flexibility index (Phi) is 6.75. The first-order valence-corrected chi connectivity index (χ1v) is 11.5. The lowest BCUT2D eigenvalue weighted by atomic mass is 10.1. The molecule has 0 amide bonds. The number of benzene rings is 2. The van der Waals surface area contributed by atoms with Crippen LogP contribution in [0.5, 0.6) is 11.5 Å². The van der Waals surface area contributed by atoms with E-state index in [4.69, 9.17) is 14.5 Å². The zero-order valence-corrected chi connectivity index (χ0v) is 19.7. The van der Waals surface area contributed by atoms with Gasteiger partial charge in [0.15, 0.2) is 4.80 Å². The van der Waals surface area contributed by atoms with Gasteiger partial charge in [-0.05, 0) is 50.1 Å². The summed E-state index contributed by atoms with van der Waals surface area (Å²) in [6, 6.07) is 12.2. The Morgan fingerprint density at radius 2 is 1.91 bits per heavy atom. The molecule has 0 saturated carbocycles. The molecule has 0 atom stereocenters. The van der Waals surface area contributed by atoms with Crippen LogP contribution >= 0.6 is 11.3 Å². The molecule has 4 rings (SSSR count). The number of thiazole rings is 1. The lowest BCUT2D eigenvalue weighted by Gasteiger charge is -2.14. The lowest BCUT2D eigenvalue weighted by molar-refractivity contribution is 0.404. The average molecular weight is 449 g/mol. The lowest BCUT2D eigenvalue weighted by Crippen LogP contribution is -2.17. The third-order valence-electron chi connectivity index (χ3n) is 5.41. The van der Waals surface area contributed by atoms with E-state index in [1.807, 2.05) is 36.9 Å². The number of nitrogens with zero attached hydrogens (tertiary/aromatic N) is 4. The Labute approximate surface area is 192 Å². The number of rotatable bonds is 8. The van der Waals surface area contributed by atoms with Crippen LogP contribution in [0.1, 0.15) is 17.5 Å². The van der Waals surface area contributed by atoms with Gasteiger partial charge in [-0.25, -0.2) is 9.98 Å². The second-order valence-corrected chi connectivity index (χ2v) is 8.51. The van der Waals surface area contributed by atoms with Crippen LogP contribution in [0.4, 0.5) is 5.69 Å². The zero-order chi connectivity index (χ0) is 22.5. The predicted molar refractivity (Wildman–Crippen MR) is 129 cm³/mol. The fraction of sp³-hybridized carbons (Fsp3) is 0.280. The molecule has 0 aliphatic carbocycles. The fourth-order valence-corrected chi connectivity index (χ4v) is 4.67. The Morgan fingerprint density at radius 1 is 1.03 bits per heavy atom. The van der Waals surface area contributed by atoms with Crippen molar-refractivity contribution in [3.63, 3.8) is 0 Å². The molecule has 0 radical (unpaired) electrons. The Bertz CT molecular complexity index is 1260. The molecule has 0 aliphatic rings. The normalized spacial score (nSPS) is 11.7. The van der Waals surface area contributed by atoms with Crippen molar-refractivity contribution in [2.24, 2.45) is 4.99 Å². The maximum absolute atomic E-state index is 5.67. The van der Waals surface area contributed by atoms with Gasteiger partial charge in [-0.1, -0.05) is 17.7 Å². The molecule has 0 fully saturated rings. The molecular weight excluding hydrogens is 420 g/mol. The standard InChI is InChI=1S/C25H28N4O2S/c1-18-6-8-22(19(2)14-18)27-25-29(12-5-11-28-13-10-26-17-28)23(16-32-25)21-15-20(30-3)7-9-24(21)31-4/h6-10,13-17H,5,11-12H2,1-4H3. The van der Waals surface area contributed by atoms with Crippen LogP contribution in [0.2, 0.25) is 0 Å². The van der Waals surface area contributed by atoms with Crippen LogP contribution in [0.15, 0.2) is 65.5 Å². The molecule has 7 heteroatoms. The minimum absolute atomic E-state index is 0.796. The number of aryl methyl sites for hydroxylation is 3. The molecule has 4 aromatic rings. The highest BCUT2D eigenvalue weighted by Crippen LogP contribution is 2.34. The highest BCUT2D eigenvalue weighted by Gasteiger charge is 2.14. The molecule has 0 aliphatic heterocycles. The first kappa shape index (κ1) is 21.9. The van der Waals surface area contributed by atoms with Crippen molar-refractivity contribution < 1.29 is 9.47 Å². The number of ether oxygens (including phenoxy) is 2. The number of methoxy groups -OCH3 is 2. The van der Waals surface area contributed by atoms with Gasteiger partial charge in [0, 0.05) is 36.4 Å². The highest BCUT2D eigenvalue weighted by molar-refractivity contribution is 7.07. The summed E-state index contributed by atoms with van der Waals surface area (Å²) in [5, 5.41) is 2.15. The molecule has 0 saturated heterocycles. The van der Waals surface area contributed by atoms with Crippen LogP contribution in [0, 0.1) is 13.8 Å². The van der Waals surface area contributed by atoms with Crippen molar-refractivity contribution in [2.45, 2.75) is 33.4 Å². The number of hydrogen-bond donors (Lipinski definition) is 0. The van der Waals surface area contributed by atoms with E-state index in [9.17, 15) is 0 Å². The van der Waals surface area contributed by atoms with Crippen molar-refractivity contribution in [2.75, 3.05) is 14.2 Å². The summed E-state index contributed by atoms with van der Waals surface area (Å²) in [6.45, 7) is 5.92. The van der Waals surface area contributed by atoms with E-state index in [1.54, 1.807) is 25.6 Å². The van der Waals surface area contributed by atoms with E-state index < -0.39 is 0 Å². The molecule has 0 unspecified atom stereocenters. The van der Waals surface area contributed by atoms with Crippen LogP contribution < -0.4 is 14.3 Å². The van der Waals surface area contributed by atoms with Crippen molar-refractivity contribution in [1.29, 1.82) is 0 Å². The quantitative estimate of drug-likeness (QED) is 0.364. The molecule has 0 spiro atoms. The topological polar surface area (TPSA) is 53.6 Å². The maximum atomic E-state index is 5.67. The second-order valence-electron chi connectivity index (χ2n) is 7.68. The predicted octanol–water partition coefficient (Wildman–Crippen LogP) is 5.37. The zero-order valence-electron chi connectivity index (χ0n) is 18.9. The summed E-state index contributed by atoms with van der Waals surface area (Å²) >= 11 is 1.64. The van der Waals surface area contributed by atoms with Gasteiger partial charge in [-0.3, -0.25) is 0 Å². The van der Waals surface area contributed by atoms with Crippen LogP contribution in [0.3, 0.4) is 0 Å². The molecule has 2 aromatic heterocycles. The summed E-state index contributed by atoms with van der Waals surface area (Å²) in [5.41, 5.74) is 5.46. The van der Waals surface area contributed by atoms with Gasteiger partial charge < -0.3 is 18.6 Å². The van der Waals surface area contributed by atoms with Crippen LogP contribution in [0.25, 0.3) is 11.3 Å². The molecule has 6 nitrogen and oxygen atoms in total. The Balaban J connectivity index is 1.79. The third kappa shape index (κ3) is 4.78. The Hall–Kier alpha value is -3.32. The van der Waals surface area contributed by atoms with Crippen LogP contribution in [-0.4, -0.2) is 28.3 Å². The van der Waals surface area contributed by atoms with Gasteiger partial charge in [-0.15, -0.1) is 11.3 Å². The monoisotopic (exact) mass is 448 g/mol. The van der Waals surface area contributed by atoms with Crippen molar-refractivity contribution in [1.82, 2.24) is 14.1 Å². The molecule has 2 heterocycles. The number of aromatic nitrogens is 3. The van der Waals surface area contributed by atoms with Gasteiger partial charge in [0.1, 0.15) is 11.5 Å². The second kappa shape index (κ2) is 9.87. The van der Waals surface area contributed by atoms with E-state index in [0.29, 0.717) is 0 Å². The van der Waals surface area contributed by atoms with Gasteiger partial charge in [-0.2, -0.15) is 0 Å². The SMILES string of the molecule is COc1ccc(OC)c(-c2csc(=Nc3ccc(C)cc3C)n2CCCn2ccnc2)c1. The van der Waals surface area contributed by atoms with Gasteiger partial charge in [0.25, 0.3) is 0 Å². The van der Waals surface area contributed by atoms with Crippen molar-refractivity contribution in [3.05, 3.63) is 76.4 Å². The third-order valence-corrected chi connectivity index (χ3v) is 6.27. The minimum atomic E-state index is 0.796. The maximum Gasteiger partial charge on any atom is 0.190 e. The van der Waals surface area contributed by atoms with Gasteiger partial charge in [0.2, 0.25) is 0 Å². The van der Waals surface area contributed by atoms with E-state index in [0.717, 1.165) is 52.8 Å². The summed E-state index contributed by atoms with van der Waals surface area (Å²) in [5.74, 6) is 1.61. The molecule has 32 heavy (non-hydrogen) atoms.